The molecule has 0 aliphatic carbocycles. The minimum atomic E-state index is 0.587. The van der Waals surface area contributed by atoms with Crippen molar-refractivity contribution >= 4 is 22.9 Å². The molecule has 0 spiro atoms. The minimum Gasteiger partial charge on any atom is -0.152 e. The first-order chi connectivity index (χ1) is 6.40. The van der Waals surface area contributed by atoms with E-state index in [1.807, 2.05) is 0 Å². The number of hydrogen-bond donors (Lipinski definition) is 0. The Balaban J connectivity index is 2.33. The molecule has 0 N–H and O–H groups in total. The fourth-order valence-electron chi connectivity index (χ4n) is 1.22. The Hall–Kier alpha value is -0.790. The van der Waals surface area contributed by atoms with Crippen LogP contribution < -0.4 is 0 Å². The lowest BCUT2D eigenvalue weighted by Crippen LogP contribution is -1.77. The molecule has 2 rings (SSSR count). The van der Waals surface area contributed by atoms with Gasteiger partial charge in [0.25, 0.3) is 0 Å². The lowest BCUT2D eigenvalue weighted by atomic mass is 10.1. The highest BCUT2D eigenvalue weighted by molar-refractivity contribution is 7.08. The quantitative estimate of drug-likeness (QED) is 0.651. The summed E-state index contributed by atoms with van der Waals surface area (Å²) in [6, 6.07) is 10.5. The van der Waals surface area contributed by atoms with Gasteiger partial charge in [-0.25, -0.2) is 0 Å². The summed E-state index contributed by atoms with van der Waals surface area (Å²) in [5, 5.41) is 4.24. The number of thiophene rings is 1. The third-order valence-electron chi connectivity index (χ3n) is 1.96. The zero-order valence-electron chi connectivity index (χ0n) is 7.03. The molecule has 0 radical (unpaired) electrons. The van der Waals surface area contributed by atoms with E-state index in [1.54, 1.807) is 11.3 Å². The molecule has 0 nitrogen and oxygen atoms in total. The van der Waals surface area contributed by atoms with Gasteiger partial charge in [-0.15, -0.1) is 11.6 Å². The fourth-order valence-corrected chi connectivity index (χ4v) is 2.06. The number of benzene rings is 1. The average Bonchev–Trinajstić information content (AvgIpc) is 2.71. The summed E-state index contributed by atoms with van der Waals surface area (Å²) in [4.78, 5) is 0. The predicted octanol–water partition coefficient (Wildman–Crippen LogP) is 4.15. The Morgan fingerprint density at radius 1 is 1.00 bits per heavy atom. The average molecular weight is 209 g/mol. The highest BCUT2D eigenvalue weighted by atomic mass is 35.5. The summed E-state index contributed by atoms with van der Waals surface area (Å²) in [7, 11) is 0. The number of rotatable bonds is 2. The SMILES string of the molecule is ClCc1ccc(-c2ccsc2)cc1. The van der Waals surface area contributed by atoms with Crippen molar-refractivity contribution in [1.82, 2.24) is 0 Å². The third-order valence-corrected chi connectivity index (χ3v) is 2.95. The van der Waals surface area contributed by atoms with Gasteiger partial charge < -0.3 is 0 Å². The Kier molecular flexibility index (Phi) is 2.67. The smallest absolute Gasteiger partial charge is 0.0474 e. The molecule has 1 heterocycles. The van der Waals surface area contributed by atoms with Crippen LogP contribution in [0.25, 0.3) is 11.1 Å². The molecule has 0 fully saturated rings. The number of hydrogen-bond acceptors (Lipinski definition) is 1. The molecule has 2 aromatic rings. The lowest BCUT2D eigenvalue weighted by Gasteiger charge is -1.98. The molecule has 0 aliphatic heterocycles. The van der Waals surface area contributed by atoms with Gasteiger partial charge in [-0.05, 0) is 33.5 Å². The van der Waals surface area contributed by atoms with Gasteiger partial charge in [0.2, 0.25) is 0 Å². The highest BCUT2D eigenvalue weighted by Crippen LogP contribution is 2.22. The molecule has 2 heteroatoms. The van der Waals surface area contributed by atoms with Crippen LogP contribution in [0.1, 0.15) is 5.56 Å². The van der Waals surface area contributed by atoms with Gasteiger partial charge >= 0.3 is 0 Å². The number of halogens is 1. The summed E-state index contributed by atoms with van der Waals surface area (Å²) in [6.45, 7) is 0. The second-order valence-corrected chi connectivity index (χ2v) is 3.89. The van der Waals surface area contributed by atoms with E-state index < -0.39 is 0 Å². The van der Waals surface area contributed by atoms with Crippen LogP contribution >= 0.6 is 22.9 Å². The second-order valence-electron chi connectivity index (χ2n) is 2.84. The van der Waals surface area contributed by atoms with Gasteiger partial charge in [-0.1, -0.05) is 24.3 Å². The van der Waals surface area contributed by atoms with Crippen LogP contribution in [0, 0.1) is 0 Å². The van der Waals surface area contributed by atoms with Crippen molar-refractivity contribution in [3.8, 4) is 11.1 Å². The lowest BCUT2D eigenvalue weighted by molar-refractivity contribution is 1.40. The fraction of sp³-hybridized carbons (Fsp3) is 0.0909. The van der Waals surface area contributed by atoms with Crippen molar-refractivity contribution in [3.05, 3.63) is 46.7 Å². The topological polar surface area (TPSA) is 0 Å². The Morgan fingerprint density at radius 3 is 2.31 bits per heavy atom. The van der Waals surface area contributed by atoms with Gasteiger partial charge in [0.15, 0.2) is 0 Å². The molecule has 1 aromatic heterocycles. The molecule has 0 bridgehead atoms. The first kappa shape index (κ1) is 8.79. The summed E-state index contributed by atoms with van der Waals surface area (Å²) in [6.07, 6.45) is 0. The van der Waals surface area contributed by atoms with Crippen molar-refractivity contribution in [2.75, 3.05) is 0 Å². The van der Waals surface area contributed by atoms with Crippen molar-refractivity contribution in [3.63, 3.8) is 0 Å². The first-order valence-electron chi connectivity index (χ1n) is 4.07. The van der Waals surface area contributed by atoms with E-state index in [0.717, 1.165) is 0 Å². The normalized spacial score (nSPS) is 10.2. The molecule has 1 aromatic carbocycles. The summed E-state index contributed by atoms with van der Waals surface area (Å²) in [5.41, 5.74) is 3.71. The monoisotopic (exact) mass is 208 g/mol. The molecule has 13 heavy (non-hydrogen) atoms. The molecule has 0 aliphatic rings. The summed E-state index contributed by atoms with van der Waals surface area (Å²) >= 11 is 7.42. The van der Waals surface area contributed by atoms with Crippen molar-refractivity contribution in [1.29, 1.82) is 0 Å². The standard InChI is InChI=1S/C11H9ClS/c12-7-9-1-3-10(4-2-9)11-5-6-13-8-11/h1-6,8H,7H2. The van der Waals surface area contributed by atoms with Gasteiger partial charge in [0.05, 0.1) is 0 Å². The van der Waals surface area contributed by atoms with E-state index in [0.29, 0.717) is 5.88 Å². The third kappa shape index (κ3) is 1.93. The first-order valence-corrected chi connectivity index (χ1v) is 5.55. The van der Waals surface area contributed by atoms with Crippen LogP contribution in [0.4, 0.5) is 0 Å². The van der Waals surface area contributed by atoms with Crippen molar-refractivity contribution in [2.45, 2.75) is 5.88 Å². The largest absolute Gasteiger partial charge is 0.152 e. The maximum absolute atomic E-state index is 5.71. The van der Waals surface area contributed by atoms with Crippen LogP contribution in [0.2, 0.25) is 0 Å². The van der Waals surface area contributed by atoms with Crippen molar-refractivity contribution < 1.29 is 0 Å². The van der Waals surface area contributed by atoms with Gasteiger partial charge in [-0.3, -0.25) is 0 Å². The number of alkyl halides is 1. The Labute approximate surface area is 86.8 Å². The van der Waals surface area contributed by atoms with Gasteiger partial charge in [0, 0.05) is 5.88 Å². The van der Waals surface area contributed by atoms with Crippen LogP contribution in [0.5, 0.6) is 0 Å². The maximum atomic E-state index is 5.71. The van der Waals surface area contributed by atoms with Gasteiger partial charge in [0.1, 0.15) is 0 Å². The summed E-state index contributed by atoms with van der Waals surface area (Å²) < 4.78 is 0. The van der Waals surface area contributed by atoms with Crippen molar-refractivity contribution in [2.24, 2.45) is 0 Å². The zero-order valence-corrected chi connectivity index (χ0v) is 8.61. The zero-order chi connectivity index (χ0) is 9.10. The van der Waals surface area contributed by atoms with E-state index >= 15 is 0 Å². The van der Waals surface area contributed by atoms with E-state index in [2.05, 4.69) is 41.1 Å². The summed E-state index contributed by atoms with van der Waals surface area (Å²) in [5.74, 6) is 0.587. The molecular formula is C11H9ClS. The highest BCUT2D eigenvalue weighted by Gasteiger charge is 1.96. The molecule has 0 unspecified atom stereocenters. The Bertz CT molecular complexity index is 361. The van der Waals surface area contributed by atoms with Crippen LogP contribution in [0.15, 0.2) is 41.1 Å². The minimum absolute atomic E-state index is 0.587. The molecule has 0 saturated heterocycles. The second kappa shape index (κ2) is 3.95. The molecular weight excluding hydrogens is 200 g/mol. The van der Waals surface area contributed by atoms with E-state index in [1.165, 1.54) is 16.7 Å². The molecule has 66 valence electrons. The maximum Gasteiger partial charge on any atom is 0.0474 e. The molecule has 0 atom stereocenters. The van der Waals surface area contributed by atoms with Crippen LogP contribution in [-0.2, 0) is 5.88 Å². The van der Waals surface area contributed by atoms with Gasteiger partial charge in [-0.2, -0.15) is 11.3 Å². The van der Waals surface area contributed by atoms with Crippen LogP contribution in [-0.4, -0.2) is 0 Å². The Morgan fingerprint density at radius 2 is 1.77 bits per heavy atom. The predicted molar refractivity (Wildman–Crippen MR) is 59.3 cm³/mol. The van der Waals surface area contributed by atoms with E-state index in [9.17, 15) is 0 Å². The van der Waals surface area contributed by atoms with E-state index in [4.69, 9.17) is 11.6 Å². The molecule has 0 saturated carbocycles. The van der Waals surface area contributed by atoms with Crippen LogP contribution in [0.3, 0.4) is 0 Å². The van der Waals surface area contributed by atoms with E-state index in [-0.39, 0.29) is 0 Å². The molecule has 0 amide bonds.